The number of carbonyl (C=O) groups is 2. The van der Waals surface area contributed by atoms with Crippen LogP contribution < -0.4 is 10.2 Å². The van der Waals surface area contributed by atoms with Crippen LogP contribution in [-0.2, 0) is 22.6 Å². The lowest BCUT2D eigenvalue weighted by atomic mass is 10.1. The SMILES string of the molecule is COc1ccc(C(=O)N(CC(=O)N(Cc2ccccc2)Cc2coc3ccc(C)cc3c2=O)CC2CCCO2)cc1. The molecule has 1 unspecified atom stereocenters. The summed E-state index contributed by atoms with van der Waals surface area (Å²) in [5.41, 5.74) is 3.01. The summed E-state index contributed by atoms with van der Waals surface area (Å²) in [6.07, 6.45) is 3.04. The van der Waals surface area contributed by atoms with Gasteiger partial charge in [-0.2, -0.15) is 0 Å². The van der Waals surface area contributed by atoms with E-state index in [1.165, 1.54) is 6.26 Å². The van der Waals surface area contributed by atoms with Crippen molar-refractivity contribution in [2.45, 2.75) is 39.0 Å². The van der Waals surface area contributed by atoms with Gasteiger partial charge in [0.1, 0.15) is 17.9 Å². The maximum Gasteiger partial charge on any atom is 0.254 e. The van der Waals surface area contributed by atoms with Crippen LogP contribution in [0.2, 0.25) is 0 Å². The van der Waals surface area contributed by atoms with Gasteiger partial charge in [-0.05, 0) is 61.7 Å². The second-order valence-corrected chi connectivity index (χ2v) is 10.4. The van der Waals surface area contributed by atoms with E-state index in [1.807, 2.05) is 43.3 Å². The molecule has 0 radical (unpaired) electrons. The van der Waals surface area contributed by atoms with Crippen LogP contribution >= 0.6 is 0 Å². The fraction of sp³-hybridized carbons (Fsp3) is 0.303. The van der Waals surface area contributed by atoms with Gasteiger partial charge in [0.05, 0.1) is 37.0 Å². The van der Waals surface area contributed by atoms with Gasteiger partial charge < -0.3 is 23.7 Å². The zero-order chi connectivity index (χ0) is 28.8. The van der Waals surface area contributed by atoms with Crippen LogP contribution in [0.25, 0.3) is 11.0 Å². The van der Waals surface area contributed by atoms with Gasteiger partial charge >= 0.3 is 0 Å². The Bertz CT molecular complexity index is 1560. The first-order chi connectivity index (χ1) is 19.9. The van der Waals surface area contributed by atoms with Gasteiger partial charge in [-0.1, -0.05) is 42.0 Å². The first-order valence-electron chi connectivity index (χ1n) is 13.8. The van der Waals surface area contributed by atoms with Crippen molar-refractivity contribution < 1.29 is 23.5 Å². The van der Waals surface area contributed by atoms with Crippen LogP contribution in [0.5, 0.6) is 5.75 Å². The Balaban J connectivity index is 1.43. The highest BCUT2D eigenvalue weighted by molar-refractivity contribution is 5.96. The quantitative estimate of drug-likeness (QED) is 0.275. The van der Waals surface area contributed by atoms with Crippen LogP contribution in [0.1, 0.15) is 39.9 Å². The number of fused-ring (bicyclic) bond motifs is 1. The molecule has 5 rings (SSSR count). The van der Waals surface area contributed by atoms with Crippen molar-refractivity contribution in [1.82, 2.24) is 9.80 Å². The predicted octanol–water partition coefficient (Wildman–Crippen LogP) is 4.96. The van der Waals surface area contributed by atoms with Gasteiger partial charge in [0.15, 0.2) is 5.43 Å². The number of benzene rings is 3. The lowest BCUT2D eigenvalue weighted by Gasteiger charge is -2.29. The number of hydrogen-bond donors (Lipinski definition) is 0. The van der Waals surface area contributed by atoms with E-state index < -0.39 is 0 Å². The van der Waals surface area contributed by atoms with Crippen molar-refractivity contribution in [3.8, 4) is 5.75 Å². The molecule has 1 fully saturated rings. The van der Waals surface area contributed by atoms with E-state index in [-0.39, 0.29) is 43.0 Å². The molecule has 3 aromatic carbocycles. The third kappa shape index (κ3) is 6.84. The summed E-state index contributed by atoms with van der Waals surface area (Å²) in [5.74, 6) is 0.0936. The summed E-state index contributed by atoms with van der Waals surface area (Å²) in [4.78, 5) is 44.1. The molecule has 1 aliphatic heterocycles. The average Bonchev–Trinajstić information content (AvgIpc) is 3.51. The minimum atomic E-state index is -0.280. The minimum absolute atomic E-state index is 0.0461. The molecule has 4 aromatic rings. The van der Waals surface area contributed by atoms with E-state index in [0.717, 1.165) is 24.0 Å². The van der Waals surface area contributed by atoms with Crippen LogP contribution in [0, 0.1) is 6.92 Å². The Morgan fingerprint density at radius 2 is 1.76 bits per heavy atom. The maximum absolute atomic E-state index is 13.9. The highest BCUT2D eigenvalue weighted by Crippen LogP contribution is 2.19. The van der Waals surface area contributed by atoms with Crippen molar-refractivity contribution in [3.63, 3.8) is 0 Å². The molecule has 41 heavy (non-hydrogen) atoms. The predicted molar refractivity (Wildman–Crippen MR) is 156 cm³/mol. The summed E-state index contributed by atoms with van der Waals surface area (Å²) >= 11 is 0. The monoisotopic (exact) mass is 554 g/mol. The van der Waals surface area contributed by atoms with Gasteiger partial charge in [0.25, 0.3) is 5.91 Å². The topological polar surface area (TPSA) is 89.3 Å². The van der Waals surface area contributed by atoms with Crippen molar-refractivity contribution in [2.75, 3.05) is 26.8 Å². The molecule has 1 aromatic heterocycles. The molecule has 8 heteroatoms. The molecular formula is C33H34N2O6. The number of carbonyl (C=O) groups excluding carboxylic acids is 2. The van der Waals surface area contributed by atoms with Gasteiger partial charge in [-0.25, -0.2) is 0 Å². The number of rotatable bonds is 10. The molecule has 1 saturated heterocycles. The standard InChI is InChI=1S/C33H34N2O6/c1-23-10-15-30-29(17-23)32(37)26(22-41-30)19-34(18-24-7-4-3-5-8-24)31(36)21-35(20-28-9-6-16-40-28)33(38)25-11-13-27(39-2)14-12-25/h3-5,7-8,10-15,17,22,28H,6,9,16,18-21H2,1-2H3. The molecule has 8 nitrogen and oxygen atoms in total. The summed E-state index contributed by atoms with van der Waals surface area (Å²) in [7, 11) is 1.57. The molecule has 2 amide bonds. The van der Waals surface area contributed by atoms with Gasteiger partial charge in [-0.15, -0.1) is 0 Å². The molecule has 0 aliphatic carbocycles. The van der Waals surface area contributed by atoms with Crippen LogP contribution in [0.15, 0.2) is 88.3 Å². The van der Waals surface area contributed by atoms with E-state index in [4.69, 9.17) is 13.9 Å². The van der Waals surface area contributed by atoms with E-state index in [0.29, 0.717) is 41.0 Å². The summed E-state index contributed by atoms with van der Waals surface area (Å²) in [6, 6.07) is 21.9. The second kappa shape index (κ2) is 12.8. The first kappa shape index (κ1) is 28.1. The van der Waals surface area contributed by atoms with Crippen molar-refractivity contribution in [1.29, 1.82) is 0 Å². The molecule has 2 heterocycles. The van der Waals surface area contributed by atoms with E-state index in [2.05, 4.69) is 0 Å². The molecule has 0 saturated carbocycles. The molecular weight excluding hydrogens is 520 g/mol. The summed E-state index contributed by atoms with van der Waals surface area (Å²) in [5, 5.41) is 0.476. The van der Waals surface area contributed by atoms with E-state index >= 15 is 0 Å². The second-order valence-electron chi connectivity index (χ2n) is 10.4. The Hall–Kier alpha value is -4.43. The van der Waals surface area contributed by atoms with Crippen LogP contribution in [0.3, 0.4) is 0 Å². The van der Waals surface area contributed by atoms with Crippen LogP contribution in [-0.4, -0.2) is 54.5 Å². The molecule has 1 atom stereocenters. The highest BCUT2D eigenvalue weighted by atomic mass is 16.5. The average molecular weight is 555 g/mol. The Morgan fingerprint density at radius 1 is 0.976 bits per heavy atom. The highest BCUT2D eigenvalue weighted by Gasteiger charge is 2.28. The van der Waals surface area contributed by atoms with Crippen molar-refractivity contribution in [2.24, 2.45) is 0 Å². The minimum Gasteiger partial charge on any atom is -0.497 e. The normalized spacial score (nSPS) is 14.6. The van der Waals surface area contributed by atoms with Crippen molar-refractivity contribution >= 4 is 22.8 Å². The van der Waals surface area contributed by atoms with E-state index in [9.17, 15) is 14.4 Å². The Morgan fingerprint density at radius 3 is 2.46 bits per heavy atom. The van der Waals surface area contributed by atoms with Crippen molar-refractivity contribution in [3.05, 3.63) is 112 Å². The van der Waals surface area contributed by atoms with E-state index in [1.54, 1.807) is 53.3 Å². The fourth-order valence-electron chi connectivity index (χ4n) is 5.07. The number of methoxy groups -OCH3 is 1. The number of amides is 2. The molecule has 212 valence electrons. The van der Waals surface area contributed by atoms with Crippen LogP contribution in [0.4, 0.5) is 0 Å². The molecule has 0 bridgehead atoms. The third-order valence-corrected chi connectivity index (χ3v) is 7.33. The first-order valence-corrected chi connectivity index (χ1v) is 13.8. The smallest absolute Gasteiger partial charge is 0.254 e. The fourth-order valence-corrected chi connectivity index (χ4v) is 5.07. The van der Waals surface area contributed by atoms with Gasteiger partial charge in [0.2, 0.25) is 5.91 Å². The largest absolute Gasteiger partial charge is 0.497 e. The summed E-state index contributed by atoms with van der Waals surface area (Å²) < 4.78 is 16.8. The summed E-state index contributed by atoms with van der Waals surface area (Å²) in [6.45, 7) is 3.02. The van der Waals surface area contributed by atoms with Gasteiger partial charge in [-0.3, -0.25) is 14.4 Å². The lowest BCUT2D eigenvalue weighted by Crippen LogP contribution is -2.45. The Kier molecular flexibility index (Phi) is 8.79. The molecule has 0 spiro atoms. The number of ether oxygens (including phenoxy) is 2. The van der Waals surface area contributed by atoms with Gasteiger partial charge in [0, 0.05) is 25.3 Å². The molecule has 0 N–H and O–H groups in total. The molecule has 1 aliphatic rings. The number of aryl methyl sites for hydroxylation is 1. The number of nitrogens with zero attached hydrogens (tertiary/aromatic N) is 2. The Labute approximate surface area is 239 Å². The zero-order valence-corrected chi connectivity index (χ0v) is 23.4. The maximum atomic E-state index is 13.9. The zero-order valence-electron chi connectivity index (χ0n) is 23.4. The third-order valence-electron chi connectivity index (χ3n) is 7.33. The lowest BCUT2D eigenvalue weighted by molar-refractivity contribution is -0.133. The number of hydrogen-bond acceptors (Lipinski definition) is 6.